The smallest absolute Gasteiger partial charge is 0.180 e. The minimum atomic E-state index is -0.169. The Morgan fingerprint density at radius 1 is 1.22 bits per heavy atom. The van der Waals surface area contributed by atoms with Gasteiger partial charge in [0, 0.05) is 0 Å². The molecule has 46 valence electrons. The van der Waals surface area contributed by atoms with Gasteiger partial charge in [-0.2, -0.15) is 9.12 Å². The third-order valence-corrected chi connectivity index (χ3v) is 1.62. The lowest BCUT2D eigenvalue weighted by Gasteiger charge is -1.91. The predicted octanol–water partition coefficient (Wildman–Crippen LogP) is 0.678. The van der Waals surface area contributed by atoms with E-state index in [0.29, 0.717) is 0 Å². The van der Waals surface area contributed by atoms with Crippen LogP contribution in [0.2, 0.25) is 0 Å². The number of halogens is 1. The van der Waals surface area contributed by atoms with Gasteiger partial charge in [0.1, 0.15) is 5.82 Å². The maximum atomic E-state index is 12.2. The molecule has 1 atom stereocenters. The van der Waals surface area contributed by atoms with Gasteiger partial charge in [0.2, 0.25) is 0 Å². The fourth-order valence-corrected chi connectivity index (χ4v) is 0.893. The quantitative estimate of drug-likeness (QED) is 0.397. The van der Waals surface area contributed by atoms with Gasteiger partial charge < -0.3 is 0 Å². The summed E-state index contributed by atoms with van der Waals surface area (Å²) < 4.78 is 12.2. The van der Waals surface area contributed by atoms with E-state index in [1.54, 1.807) is 12.1 Å². The van der Waals surface area contributed by atoms with Gasteiger partial charge in [-0.05, 0) is 12.1 Å². The normalized spacial score (nSPS) is 9.11. The summed E-state index contributed by atoms with van der Waals surface area (Å²) in [5.41, 5.74) is 1.14. The molecule has 0 radical (unpaired) electrons. The zero-order chi connectivity index (χ0) is 6.69. The first-order chi connectivity index (χ1) is 4.33. The predicted molar refractivity (Wildman–Crippen MR) is 42.9 cm³/mol. The molecule has 0 saturated heterocycles. The molecule has 1 unspecified atom stereocenters. The minimum absolute atomic E-state index is 0.169. The SMILES string of the molecule is Fc1ccc(BP)cc1. The topological polar surface area (TPSA) is 0 Å². The first-order valence-corrected chi connectivity index (χ1v) is 3.59. The van der Waals surface area contributed by atoms with E-state index in [1.807, 2.05) is 0 Å². The fraction of sp³-hybridized carbons (Fsp3) is 0. The van der Waals surface area contributed by atoms with Crippen LogP contribution in [0.25, 0.3) is 0 Å². The van der Waals surface area contributed by atoms with E-state index in [9.17, 15) is 4.39 Å². The fourth-order valence-electron chi connectivity index (χ4n) is 0.620. The molecule has 0 saturated carbocycles. The highest BCUT2D eigenvalue weighted by Crippen LogP contribution is 1.92. The molecule has 0 nitrogen and oxygen atoms in total. The largest absolute Gasteiger partial charge is 0.207 e. The van der Waals surface area contributed by atoms with Crippen LogP contribution in [0.4, 0.5) is 4.39 Å². The van der Waals surface area contributed by atoms with Gasteiger partial charge in [-0.1, -0.05) is 17.6 Å². The molecule has 0 bridgehead atoms. The highest BCUT2D eigenvalue weighted by Gasteiger charge is 1.89. The Morgan fingerprint density at radius 2 is 1.78 bits per heavy atom. The van der Waals surface area contributed by atoms with Crippen LogP contribution in [-0.2, 0) is 0 Å². The lowest BCUT2D eigenvalue weighted by molar-refractivity contribution is 0.628. The van der Waals surface area contributed by atoms with Crippen LogP contribution in [0.3, 0.4) is 0 Å². The van der Waals surface area contributed by atoms with E-state index in [4.69, 9.17) is 0 Å². The molecule has 0 amide bonds. The minimum Gasteiger partial charge on any atom is -0.207 e. The number of hydrogen-bond donors (Lipinski definition) is 0. The van der Waals surface area contributed by atoms with Crippen molar-refractivity contribution in [2.45, 2.75) is 0 Å². The van der Waals surface area contributed by atoms with Gasteiger partial charge in [-0.3, -0.25) is 0 Å². The summed E-state index contributed by atoms with van der Waals surface area (Å²) in [5.74, 6) is -0.169. The molecular weight excluding hydrogens is 133 g/mol. The van der Waals surface area contributed by atoms with E-state index in [-0.39, 0.29) is 5.82 Å². The average molecular weight is 140 g/mol. The van der Waals surface area contributed by atoms with Crippen LogP contribution >= 0.6 is 9.12 Å². The van der Waals surface area contributed by atoms with Crippen LogP contribution in [0.1, 0.15) is 0 Å². The van der Waals surface area contributed by atoms with Crippen LogP contribution in [0.5, 0.6) is 0 Å². The molecule has 0 aliphatic heterocycles. The summed E-state index contributed by atoms with van der Waals surface area (Å²) in [4.78, 5) is 0. The maximum absolute atomic E-state index is 12.2. The molecule has 9 heavy (non-hydrogen) atoms. The van der Waals surface area contributed by atoms with E-state index in [1.165, 1.54) is 12.1 Å². The van der Waals surface area contributed by atoms with Gasteiger partial charge in [-0.25, -0.2) is 4.39 Å². The standard InChI is InChI=1S/C6H7BFP/c8-6-3-1-5(7-9)2-4-6/h1-4,7H,9H2. The summed E-state index contributed by atoms with van der Waals surface area (Å²) >= 11 is 0. The molecule has 1 aromatic rings. The Balaban J connectivity index is 2.88. The second kappa shape index (κ2) is 2.98. The molecule has 3 heteroatoms. The van der Waals surface area contributed by atoms with Gasteiger partial charge in [0.25, 0.3) is 0 Å². The van der Waals surface area contributed by atoms with Crippen molar-refractivity contribution in [2.24, 2.45) is 0 Å². The van der Waals surface area contributed by atoms with Crippen molar-refractivity contribution in [1.82, 2.24) is 0 Å². The summed E-state index contributed by atoms with van der Waals surface area (Å²) in [5, 5.41) is 0. The van der Waals surface area contributed by atoms with Crippen molar-refractivity contribution in [3.8, 4) is 0 Å². The van der Waals surface area contributed by atoms with E-state index in [0.717, 1.165) is 12.5 Å². The first-order valence-electron chi connectivity index (χ1n) is 2.77. The zero-order valence-electron chi connectivity index (χ0n) is 4.97. The Bertz CT molecular complexity index is 185. The van der Waals surface area contributed by atoms with Crippen LogP contribution in [0, 0.1) is 5.82 Å². The molecule has 1 rings (SSSR count). The summed E-state index contributed by atoms with van der Waals surface area (Å²) in [7, 11) is 2.59. The third-order valence-electron chi connectivity index (χ3n) is 1.15. The van der Waals surface area contributed by atoms with E-state index in [2.05, 4.69) is 9.12 Å². The molecule has 0 heterocycles. The van der Waals surface area contributed by atoms with Crippen molar-refractivity contribution < 1.29 is 4.39 Å². The molecule has 1 aromatic carbocycles. The summed E-state index contributed by atoms with van der Waals surface area (Å²) in [6.45, 7) is 0.889. The summed E-state index contributed by atoms with van der Waals surface area (Å²) in [6.07, 6.45) is 0. The zero-order valence-corrected chi connectivity index (χ0v) is 6.13. The number of benzene rings is 1. The number of hydrogen-bond acceptors (Lipinski definition) is 0. The Hall–Kier alpha value is -0.355. The van der Waals surface area contributed by atoms with Crippen molar-refractivity contribution in [2.75, 3.05) is 0 Å². The monoisotopic (exact) mass is 140 g/mol. The first kappa shape index (κ1) is 6.76. The maximum Gasteiger partial charge on any atom is 0.180 e. The van der Waals surface area contributed by atoms with Gasteiger partial charge in [0.05, 0.1) is 0 Å². The molecule has 0 aromatic heterocycles. The van der Waals surface area contributed by atoms with Crippen molar-refractivity contribution in [3.63, 3.8) is 0 Å². The van der Waals surface area contributed by atoms with Crippen LogP contribution < -0.4 is 5.46 Å². The molecular formula is C6H7BFP. The van der Waals surface area contributed by atoms with E-state index < -0.39 is 0 Å². The number of rotatable bonds is 1. The highest BCUT2D eigenvalue weighted by molar-refractivity contribution is 7.58. The summed E-state index contributed by atoms with van der Waals surface area (Å²) in [6, 6.07) is 6.50. The van der Waals surface area contributed by atoms with Gasteiger partial charge in [-0.15, -0.1) is 0 Å². The van der Waals surface area contributed by atoms with Crippen molar-refractivity contribution >= 4 is 21.6 Å². The van der Waals surface area contributed by atoms with Gasteiger partial charge in [0.15, 0.2) is 7.00 Å². The third kappa shape index (κ3) is 1.80. The molecule has 0 aliphatic rings. The second-order valence-electron chi connectivity index (χ2n) is 1.83. The lowest BCUT2D eigenvalue weighted by Crippen LogP contribution is -2.06. The molecule has 0 N–H and O–H groups in total. The molecule has 0 spiro atoms. The van der Waals surface area contributed by atoms with E-state index >= 15 is 0 Å². The van der Waals surface area contributed by atoms with Crippen LogP contribution in [0.15, 0.2) is 24.3 Å². The Morgan fingerprint density at radius 3 is 2.22 bits per heavy atom. The second-order valence-corrected chi connectivity index (χ2v) is 2.24. The Labute approximate surface area is 56.9 Å². The molecule has 0 fully saturated rings. The highest BCUT2D eigenvalue weighted by atomic mass is 31.0. The lowest BCUT2D eigenvalue weighted by atomic mass is 9.95. The average Bonchev–Trinajstić information content (AvgIpc) is 1.90. The van der Waals surface area contributed by atoms with Crippen molar-refractivity contribution in [3.05, 3.63) is 30.1 Å². The Kier molecular flexibility index (Phi) is 2.24. The van der Waals surface area contributed by atoms with Crippen LogP contribution in [-0.4, -0.2) is 7.00 Å². The molecule has 0 aliphatic carbocycles. The van der Waals surface area contributed by atoms with Crippen molar-refractivity contribution in [1.29, 1.82) is 0 Å². The van der Waals surface area contributed by atoms with Gasteiger partial charge >= 0.3 is 0 Å².